The molecule has 4 nitrogen and oxygen atoms in total. The Morgan fingerprint density at radius 2 is 1.44 bits per heavy atom. The second-order valence-electron chi connectivity index (χ2n) is 5.37. The second kappa shape index (κ2) is 7.68. The molecular weight excluding hydrogens is 378 g/mol. The molecule has 144 valence electrons. The Labute approximate surface area is 149 Å². The van der Waals surface area contributed by atoms with E-state index in [-0.39, 0.29) is 12.2 Å². The van der Waals surface area contributed by atoms with E-state index in [0.29, 0.717) is 5.56 Å². The maximum Gasteiger partial charge on any atom is 0.471 e. The molecule has 2 amide bonds. The number of nitrogens with one attached hydrogen (secondary N) is 2. The fraction of sp³-hybridized carbons (Fsp3) is 0.176. The molecule has 2 aromatic carbocycles. The maximum absolute atomic E-state index is 12.9. The molecule has 0 radical (unpaired) electrons. The number of alkyl halides is 6. The minimum atomic E-state index is -5.03. The summed E-state index contributed by atoms with van der Waals surface area (Å²) in [6.07, 6.45) is -9.72. The number of carbonyl (C=O) groups excluding carboxylic acids is 2. The largest absolute Gasteiger partial charge is 0.471 e. The third-order valence-corrected chi connectivity index (χ3v) is 3.40. The molecule has 2 N–H and O–H groups in total. The Morgan fingerprint density at radius 1 is 0.852 bits per heavy atom. The summed E-state index contributed by atoms with van der Waals surface area (Å²) in [6.45, 7) is -0.154. The molecule has 0 bridgehead atoms. The molecule has 0 spiro atoms. The van der Waals surface area contributed by atoms with Gasteiger partial charge in [-0.2, -0.15) is 26.3 Å². The van der Waals surface area contributed by atoms with E-state index in [1.807, 2.05) is 0 Å². The van der Waals surface area contributed by atoms with Gasteiger partial charge in [-0.15, -0.1) is 0 Å². The van der Waals surface area contributed by atoms with Gasteiger partial charge in [0.1, 0.15) is 0 Å². The topological polar surface area (TPSA) is 58.2 Å². The fourth-order valence-corrected chi connectivity index (χ4v) is 2.11. The van der Waals surface area contributed by atoms with E-state index in [4.69, 9.17) is 0 Å². The summed E-state index contributed by atoms with van der Waals surface area (Å²) in [5, 5.41) is 3.95. The Balaban J connectivity index is 2.02. The first-order valence-electron chi connectivity index (χ1n) is 7.40. The van der Waals surface area contributed by atoms with Crippen molar-refractivity contribution in [2.24, 2.45) is 0 Å². The molecule has 0 aliphatic heterocycles. The van der Waals surface area contributed by atoms with E-state index in [0.717, 1.165) is 18.2 Å². The number of benzene rings is 2. The van der Waals surface area contributed by atoms with Gasteiger partial charge in [-0.05, 0) is 29.8 Å². The summed E-state index contributed by atoms with van der Waals surface area (Å²) >= 11 is 0. The lowest BCUT2D eigenvalue weighted by atomic mass is 10.1. The van der Waals surface area contributed by atoms with Gasteiger partial charge in [0.2, 0.25) is 0 Å². The van der Waals surface area contributed by atoms with E-state index in [9.17, 15) is 35.9 Å². The van der Waals surface area contributed by atoms with Crippen LogP contribution in [-0.2, 0) is 17.5 Å². The van der Waals surface area contributed by atoms with Gasteiger partial charge >= 0.3 is 18.3 Å². The average molecular weight is 390 g/mol. The third-order valence-electron chi connectivity index (χ3n) is 3.40. The third kappa shape index (κ3) is 5.47. The van der Waals surface area contributed by atoms with Crippen molar-refractivity contribution in [3.63, 3.8) is 0 Å². The molecule has 0 heterocycles. The van der Waals surface area contributed by atoms with Gasteiger partial charge in [-0.25, -0.2) is 0 Å². The van der Waals surface area contributed by atoms with Gasteiger partial charge in [0.25, 0.3) is 5.91 Å². The number of rotatable bonds is 4. The smallest absolute Gasteiger partial charge is 0.348 e. The standard InChI is InChI=1S/C17H12F6N2O2/c18-16(19,20)13-4-2-1-3-12(13)14(26)24-9-10-5-7-11(8-6-10)25-15(27)17(21,22)23/h1-8H,9H2,(H,24,26)(H,25,27). The number of halogens is 6. The monoisotopic (exact) mass is 390 g/mol. The van der Waals surface area contributed by atoms with E-state index in [2.05, 4.69) is 5.32 Å². The molecule has 0 fully saturated rings. The molecule has 0 aliphatic carbocycles. The van der Waals surface area contributed by atoms with Gasteiger partial charge in [-0.3, -0.25) is 9.59 Å². The van der Waals surface area contributed by atoms with Crippen LogP contribution in [0, 0.1) is 0 Å². The van der Waals surface area contributed by atoms with Gasteiger partial charge in [0.05, 0.1) is 11.1 Å². The molecule has 0 aliphatic rings. The highest BCUT2D eigenvalue weighted by molar-refractivity contribution is 5.96. The summed E-state index contributed by atoms with van der Waals surface area (Å²) in [7, 11) is 0. The molecule has 2 rings (SSSR count). The van der Waals surface area contributed by atoms with Crippen LogP contribution >= 0.6 is 0 Å². The summed E-state index contributed by atoms with van der Waals surface area (Å²) in [6, 6.07) is 9.27. The molecule has 0 saturated carbocycles. The number of amides is 2. The van der Waals surface area contributed by atoms with Gasteiger partial charge in [0.15, 0.2) is 0 Å². The van der Waals surface area contributed by atoms with Crippen LogP contribution in [0.2, 0.25) is 0 Å². The SMILES string of the molecule is O=C(NCc1ccc(NC(=O)C(F)(F)F)cc1)c1ccccc1C(F)(F)F. The lowest BCUT2D eigenvalue weighted by Crippen LogP contribution is -2.29. The Morgan fingerprint density at radius 3 is 2.00 bits per heavy atom. The Kier molecular flexibility index (Phi) is 5.77. The zero-order valence-corrected chi connectivity index (χ0v) is 13.4. The molecule has 27 heavy (non-hydrogen) atoms. The molecule has 0 unspecified atom stereocenters. The van der Waals surface area contributed by atoms with Crippen LogP contribution < -0.4 is 10.6 Å². The quantitative estimate of drug-likeness (QED) is 0.772. The van der Waals surface area contributed by atoms with Crippen LogP contribution in [0.5, 0.6) is 0 Å². The van der Waals surface area contributed by atoms with Gasteiger partial charge in [-0.1, -0.05) is 24.3 Å². The summed E-state index contributed by atoms with van der Waals surface area (Å²) < 4.78 is 75.2. The highest BCUT2D eigenvalue weighted by Crippen LogP contribution is 2.31. The minimum Gasteiger partial charge on any atom is -0.348 e. The van der Waals surface area contributed by atoms with E-state index < -0.39 is 35.3 Å². The number of hydrogen-bond acceptors (Lipinski definition) is 2. The number of carbonyl (C=O) groups is 2. The predicted octanol–water partition coefficient (Wildman–Crippen LogP) is 4.14. The predicted molar refractivity (Wildman–Crippen MR) is 83.7 cm³/mol. The van der Waals surface area contributed by atoms with E-state index in [1.165, 1.54) is 30.3 Å². The van der Waals surface area contributed by atoms with Crippen LogP contribution in [0.4, 0.5) is 32.0 Å². The van der Waals surface area contributed by atoms with Crippen LogP contribution in [0.1, 0.15) is 21.5 Å². The molecule has 2 aromatic rings. The van der Waals surface area contributed by atoms with Crippen molar-refractivity contribution in [2.75, 3.05) is 5.32 Å². The van der Waals surface area contributed by atoms with Crippen molar-refractivity contribution in [1.29, 1.82) is 0 Å². The zero-order valence-electron chi connectivity index (χ0n) is 13.4. The second-order valence-corrected chi connectivity index (χ2v) is 5.37. The summed E-state index contributed by atoms with van der Waals surface area (Å²) in [5.41, 5.74) is -1.32. The maximum atomic E-state index is 12.9. The van der Waals surface area contributed by atoms with Gasteiger partial charge in [0, 0.05) is 12.2 Å². The first kappa shape index (κ1) is 20.3. The van der Waals surface area contributed by atoms with Crippen LogP contribution in [0.3, 0.4) is 0 Å². The highest BCUT2D eigenvalue weighted by Gasteiger charge is 2.38. The molecule has 0 saturated heterocycles. The van der Waals surface area contributed by atoms with E-state index >= 15 is 0 Å². The summed E-state index contributed by atoms with van der Waals surface area (Å²) in [4.78, 5) is 22.8. The van der Waals surface area contributed by atoms with Crippen LogP contribution in [0.25, 0.3) is 0 Å². The molecule has 0 aromatic heterocycles. The lowest BCUT2D eigenvalue weighted by molar-refractivity contribution is -0.167. The minimum absolute atomic E-state index is 0.116. The first-order chi connectivity index (χ1) is 12.5. The average Bonchev–Trinajstić information content (AvgIpc) is 2.59. The van der Waals surface area contributed by atoms with Crippen molar-refractivity contribution in [3.05, 3.63) is 65.2 Å². The normalized spacial score (nSPS) is 11.8. The highest BCUT2D eigenvalue weighted by atomic mass is 19.4. The van der Waals surface area contributed by atoms with Crippen molar-refractivity contribution < 1.29 is 35.9 Å². The first-order valence-corrected chi connectivity index (χ1v) is 7.40. The van der Waals surface area contributed by atoms with Crippen molar-refractivity contribution in [1.82, 2.24) is 5.32 Å². The van der Waals surface area contributed by atoms with Gasteiger partial charge < -0.3 is 10.6 Å². The van der Waals surface area contributed by atoms with Crippen LogP contribution in [0.15, 0.2) is 48.5 Å². The van der Waals surface area contributed by atoms with Crippen molar-refractivity contribution in [2.45, 2.75) is 18.9 Å². The Hall–Kier alpha value is -3.04. The van der Waals surface area contributed by atoms with Crippen LogP contribution in [-0.4, -0.2) is 18.0 Å². The fourth-order valence-electron chi connectivity index (χ4n) is 2.11. The molecule has 10 heteroatoms. The number of hydrogen-bond donors (Lipinski definition) is 2. The molecule has 0 atom stereocenters. The lowest BCUT2D eigenvalue weighted by Gasteiger charge is -2.13. The Bertz CT molecular complexity index is 829. The van der Waals surface area contributed by atoms with Crippen molar-refractivity contribution >= 4 is 17.5 Å². The zero-order chi connectivity index (χ0) is 20.2. The summed E-state index contributed by atoms with van der Waals surface area (Å²) in [5.74, 6) is -3.08. The van der Waals surface area contributed by atoms with Crippen molar-refractivity contribution in [3.8, 4) is 0 Å². The number of anilines is 1. The van der Waals surface area contributed by atoms with E-state index in [1.54, 1.807) is 5.32 Å². The molecular formula is C17H12F6N2O2.